The third-order valence-electron chi connectivity index (χ3n) is 3.00. The molecule has 112 valence electrons. The molecule has 1 aromatic carbocycles. The molecule has 0 aromatic heterocycles. The highest BCUT2D eigenvalue weighted by Crippen LogP contribution is 2.08. The van der Waals surface area contributed by atoms with E-state index in [9.17, 15) is 9.59 Å². The molecule has 0 aliphatic carbocycles. The molecule has 20 heavy (non-hydrogen) atoms. The van der Waals surface area contributed by atoms with Gasteiger partial charge in [0.05, 0.1) is 12.3 Å². The molecule has 0 spiro atoms. The van der Waals surface area contributed by atoms with Crippen LogP contribution in [0.4, 0.5) is 5.69 Å². The Morgan fingerprint density at radius 2 is 1.85 bits per heavy atom. The maximum Gasteiger partial charge on any atom is 0.226 e. The Morgan fingerprint density at radius 3 is 2.35 bits per heavy atom. The lowest BCUT2D eigenvalue weighted by atomic mass is 10.1. The minimum absolute atomic E-state index is 0. The number of nitrogens with zero attached hydrogens (tertiary/aromatic N) is 1. The van der Waals surface area contributed by atoms with Crippen LogP contribution in [0.5, 0.6) is 0 Å². The first-order chi connectivity index (χ1) is 8.93. The molecule has 0 saturated carbocycles. The van der Waals surface area contributed by atoms with E-state index in [0.29, 0.717) is 18.7 Å². The average Bonchev–Trinajstić information content (AvgIpc) is 2.40. The van der Waals surface area contributed by atoms with E-state index in [0.717, 1.165) is 5.56 Å². The SMILES string of the molecule is CNC(=O)C(C)CN(C)C(=O)Cc1ccc(N)cc1.Cl. The molecule has 0 saturated heterocycles. The monoisotopic (exact) mass is 299 g/mol. The summed E-state index contributed by atoms with van der Waals surface area (Å²) in [5.74, 6) is -0.293. The predicted octanol–water partition coefficient (Wildman–Crippen LogP) is 1.07. The van der Waals surface area contributed by atoms with Gasteiger partial charge in [-0.05, 0) is 17.7 Å². The van der Waals surface area contributed by atoms with Crippen LogP contribution in [0.15, 0.2) is 24.3 Å². The lowest BCUT2D eigenvalue weighted by Gasteiger charge is -2.20. The van der Waals surface area contributed by atoms with Crippen LogP contribution in [0.1, 0.15) is 12.5 Å². The maximum atomic E-state index is 12.0. The number of halogens is 1. The van der Waals surface area contributed by atoms with Gasteiger partial charge >= 0.3 is 0 Å². The van der Waals surface area contributed by atoms with E-state index in [-0.39, 0.29) is 30.1 Å². The molecule has 0 aliphatic heterocycles. The van der Waals surface area contributed by atoms with E-state index < -0.39 is 0 Å². The molecule has 1 aromatic rings. The summed E-state index contributed by atoms with van der Waals surface area (Å²) in [6.45, 7) is 2.21. The van der Waals surface area contributed by atoms with Crippen LogP contribution in [0.2, 0.25) is 0 Å². The smallest absolute Gasteiger partial charge is 0.226 e. The molecule has 5 nitrogen and oxygen atoms in total. The molecule has 1 rings (SSSR count). The van der Waals surface area contributed by atoms with E-state index in [1.165, 1.54) is 0 Å². The van der Waals surface area contributed by atoms with Gasteiger partial charge < -0.3 is 16.0 Å². The lowest BCUT2D eigenvalue weighted by Crippen LogP contribution is -2.37. The van der Waals surface area contributed by atoms with Gasteiger partial charge in [-0.15, -0.1) is 12.4 Å². The maximum absolute atomic E-state index is 12.0. The third-order valence-corrected chi connectivity index (χ3v) is 3.00. The molecule has 1 unspecified atom stereocenters. The van der Waals surface area contributed by atoms with E-state index in [1.807, 2.05) is 12.1 Å². The highest BCUT2D eigenvalue weighted by Gasteiger charge is 2.17. The molecule has 0 fully saturated rings. The van der Waals surface area contributed by atoms with Crippen molar-refractivity contribution in [1.82, 2.24) is 10.2 Å². The number of nitrogen functional groups attached to an aromatic ring is 1. The first-order valence-corrected chi connectivity index (χ1v) is 6.24. The lowest BCUT2D eigenvalue weighted by molar-refractivity contribution is -0.131. The molecule has 6 heteroatoms. The Balaban J connectivity index is 0.00000361. The zero-order valence-corrected chi connectivity index (χ0v) is 12.9. The fraction of sp³-hybridized carbons (Fsp3) is 0.429. The number of nitrogens with one attached hydrogen (secondary N) is 1. The van der Waals surface area contributed by atoms with Crippen LogP contribution in [-0.4, -0.2) is 37.4 Å². The van der Waals surface area contributed by atoms with Crippen molar-refractivity contribution in [3.05, 3.63) is 29.8 Å². The van der Waals surface area contributed by atoms with Crippen LogP contribution in [0, 0.1) is 5.92 Å². The van der Waals surface area contributed by atoms with Gasteiger partial charge in [-0.25, -0.2) is 0 Å². The van der Waals surface area contributed by atoms with Gasteiger partial charge in [0.25, 0.3) is 0 Å². The quantitative estimate of drug-likeness (QED) is 0.799. The van der Waals surface area contributed by atoms with Crippen molar-refractivity contribution in [3.8, 4) is 0 Å². The summed E-state index contributed by atoms with van der Waals surface area (Å²) in [4.78, 5) is 25.0. The highest BCUT2D eigenvalue weighted by molar-refractivity contribution is 5.85. The van der Waals surface area contributed by atoms with E-state index in [4.69, 9.17) is 5.73 Å². The van der Waals surface area contributed by atoms with Gasteiger partial charge in [0.1, 0.15) is 0 Å². The predicted molar refractivity (Wildman–Crippen MR) is 82.7 cm³/mol. The fourth-order valence-corrected chi connectivity index (χ4v) is 1.79. The van der Waals surface area contributed by atoms with Gasteiger partial charge in [0.15, 0.2) is 0 Å². The fourth-order valence-electron chi connectivity index (χ4n) is 1.79. The van der Waals surface area contributed by atoms with Gasteiger partial charge in [0.2, 0.25) is 11.8 Å². The zero-order chi connectivity index (χ0) is 14.4. The first kappa shape index (κ1) is 18.2. The molecule has 2 amide bonds. The van der Waals surface area contributed by atoms with Crippen molar-refractivity contribution in [1.29, 1.82) is 0 Å². The Morgan fingerprint density at radius 1 is 1.30 bits per heavy atom. The second kappa shape index (κ2) is 8.43. The number of anilines is 1. The Labute approximate surface area is 125 Å². The number of benzene rings is 1. The van der Waals surface area contributed by atoms with Gasteiger partial charge in [-0.3, -0.25) is 9.59 Å². The Bertz CT molecular complexity index is 448. The normalized spacial score (nSPS) is 11.2. The van der Waals surface area contributed by atoms with Gasteiger partial charge in [0, 0.05) is 26.3 Å². The summed E-state index contributed by atoms with van der Waals surface area (Å²) in [6.07, 6.45) is 0.317. The summed E-state index contributed by atoms with van der Waals surface area (Å²) >= 11 is 0. The zero-order valence-electron chi connectivity index (χ0n) is 12.1. The number of carbonyl (C=O) groups excluding carboxylic acids is 2. The van der Waals surface area contributed by atoms with Crippen molar-refractivity contribution < 1.29 is 9.59 Å². The molecule has 0 aliphatic rings. The van der Waals surface area contributed by atoms with Crippen LogP contribution in [0.25, 0.3) is 0 Å². The van der Waals surface area contributed by atoms with Crippen LogP contribution < -0.4 is 11.1 Å². The highest BCUT2D eigenvalue weighted by atomic mass is 35.5. The standard InChI is InChI=1S/C14H21N3O2.ClH/c1-10(14(19)16-2)9-17(3)13(18)8-11-4-6-12(15)7-5-11;/h4-7,10H,8-9,15H2,1-3H3,(H,16,19);1H. The van der Waals surface area contributed by atoms with Crippen LogP contribution in [-0.2, 0) is 16.0 Å². The van der Waals surface area contributed by atoms with Crippen molar-refractivity contribution in [2.75, 3.05) is 26.4 Å². The summed E-state index contributed by atoms with van der Waals surface area (Å²) in [5, 5.41) is 2.57. The number of likely N-dealkylation sites (N-methyl/N-ethyl adjacent to an activating group) is 1. The van der Waals surface area contributed by atoms with Crippen molar-refractivity contribution in [2.45, 2.75) is 13.3 Å². The number of hydrogen-bond acceptors (Lipinski definition) is 3. The van der Waals surface area contributed by atoms with Gasteiger partial charge in [-0.2, -0.15) is 0 Å². The van der Waals surface area contributed by atoms with Crippen molar-refractivity contribution >= 4 is 29.9 Å². The second-order valence-electron chi connectivity index (χ2n) is 4.71. The summed E-state index contributed by atoms with van der Waals surface area (Å²) in [6, 6.07) is 7.22. The molecular weight excluding hydrogens is 278 g/mol. The average molecular weight is 300 g/mol. The number of amides is 2. The van der Waals surface area contributed by atoms with E-state index >= 15 is 0 Å². The first-order valence-electron chi connectivity index (χ1n) is 6.24. The van der Waals surface area contributed by atoms with Gasteiger partial charge in [-0.1, -0.05) is 19.1 Å². The van der Waals surface area contributed by atoms with Crippen LogP contribution >= 0.6 is 12.4 Å². The van der Waals surface area contributed by atoms with Crippen LogP contribution in [0.3, 0.4) is 0 Å². The number of nitrogens with two attached hydrogens (primary N) is 1. The number of hydrogen-bond donors (Lipinski definition) is 2. The summed E-state index contributed by atoms with van der Waals surface area (Å²) in [5.41, 5.74) is 7.19. The Hall–Kier alpha value is -1.75. The number of rotatable bonds is 5. The second-order valence-corrected chi connectivity index (χ2v) is 4.71. The number of carbonyl (C=O) groups is 2. The molecule has 3 N–H and O–H groups in total. The van der Waals surface area contributed by atoms with Crippen molar-refractivity contribution in [2.24, 2.45) is 5.92 Å². The topological polar surface area (TPSA) is 75.4 Å². The van der Waals surface area contributed by atoms with E-state index in [2.05, 4.69) is 5.32 Å². The minimum Gasteiger partial charge on any atom is -0.399 e. The van der Waals surface area contributed by atoms with E-state index in [1.54, 1.807) is 38.1 Å². The summed E-state index contributed by atoms with van der Waals surface area (Å²) in [7, 11) is 3.30. The molecule has 0 heterocycles. The minimum atomic E-state index is -0.217. The van der Waals surface area contributed by atoms with Crippen molar-refractivity contribution in [3.63, 3.8) is 0 Å². The molecule has 0 bridgehead atoms. The molecule has 0 radical (unpaired) electrons. The third kappa shape index (κ3) is 5.48. The largest absolute Gasteiger partial charge is 0.399 e. The Kier molecular flexibility index (Phi) is 7.69. The molecular formula is C14H22ClN3O2. The molecule has 1 atom stereocenters. The summed E-state index contributed by atoms with van der Waals surface area (Å²) < 4.78 is 0.